The molecule has 0 radical (unpaired) electrons. The Balaban J connectivity index is 2.75. The largest absolute Gasteiger partial charge is 0.382 e. The van der Waals surface area contributed by atoms with Crippen LogP contribution < -0.4 is 5.32 Å². The number of non-ortho nitro benzene ring substituents is 1. The summed E-state index contributed by atoms with van der Waals surface area (Å²) in [4.78, 5) is 10.0. The molecule has 0 fully saturated rings. The van der Waals surface area contributed by atoms with Crippen molar-refractivity contribution in [1.82, 2.24) is 0 Å². The van der Waals surface area contributed by atoms with Crippen molar-refractivity contribution in [2.75, 3.05) is 11.9 Å². The molecule has 0 saturated carbocycles. The highest BCUT2D eigenvalue weighted by Crippen LogP contribution is 2.22. The molecule has 0 aliphatic rings. The molecule has 5 heteroatoms. The molecule has 1 rings (SSSR count). The normalized spacial score (nSPS) is 10.6. The third-order valence-corrected chi connectivity index (χ3v) is 2.90. The van der Waals surface area contributed by atoms with Gasteiger partial charge in [0.15, 0.2) is 0 Å². The van der Waals surface area contributed by atoms with E-state index in [0.29, 0.717) is 12.5 Å². The van der Waals surface area contributed by atoms with Crippen LogP contribution in [0.15, 0.2) is 18.2 Å². The number of nitrogens with zero attached hydrogens (tertiary/aromatic N) is 1. The Morgan fingerprint density at radius 2 is 2.06 bits per heavy atom. The van der Waals surface area contributed by atoms with Crippen LogP contribution in [0.3, 0.4) is 0 Å². The highest BCUT2D eigenvalue weighted by molar-refractivity contribution is 5.52. The topological polar surface area (TPSA) is 55.2 Å². The van der Waals surface area contributed by atoms with Crippen molar-refractivity contribution in [3.8, 4) is 0 Å². The number of nitro benzene ring substituents is 1. The number of halogens is 1. The van der Waals surface area contributed by atoms with E-state index in [1.807, 2.05) is 0 Å². The summed E-state index contributed by atoms with van der Waals surface area (Å²) in [5, 5.41) is 13.5. The molecule has 0 heterocycles. The SMILES string of the molecule is CCC(CC)CNc1cc([N+](=O)[O-])ccc1F. The number of hydrogen-bond donors (Lipinski definition) is 1. The maximum Gasteiger partial charge on any atom is 0.271 e. The first kappa shape index (κ1) is 13.4. The maximum atomic E-state index is 13.4. The molecule has 1 N–H and O–H groups in total. The maximum absolute atomic E-state index is 13.4. The second-order valence-electron chi connectivity index (χ2n) is 3.98. The zero-order valence-corrected chi connectivity index (χ0v) is 10.1. The van der Waals surface area contributed by atoms with Gasteiger partial charge in [-0.1, -0.05) is 26.7 Å². The van der Waals surface area contributed by atoms with E-state index in [2.05, 4.69) is 19.2 Å². The van der Waals surface area contributed by atoms with Crippen LogP contribution in [0.25, 0.3) is 0 Å². The molecule has 0 saturated heterocycles. The van der Waals surface area contributed by atoms with Crippen molar-refractivity contribution in [3.63, 3.8) is 0 Å². The number of hydrogen-bond acceptors (Lipinski definition) is 3. The summed E-state index contributed by atoms with van der Waals surface area (Å²) < 4.78 is 13.4. The van der Waals surface area contributed by atoms with Crippen molar-refractivity contribution in [3.05, 3.63) is 34.1 Å². The van der Waals surface area contributed by atoms with E-state index in [9.17, 15) is 14.5 Å². The Labute approximate surface area is 100.0 Å². The molecule has 1 aromatic rings. The molecule has 0 aliphatic heterocycles. The van der Waals surface area contributed by atoms with E-state index in [1.54, 1.807) is 0 Å². The fraction of sp³-hybridized carbons (Fsp3) is 0.500. The van der Waals surface area contributed by atoms with E-state index in [1.165, 1.54) is 6.07 Å². The van der Waals surface area contributed by atoms with Crippen LogP contribution >= 0.6 is 0 Å². The van der Waals surface area contributed by atoms with E-state index < -0.39 is 10.7 Å². The summed E-state index contributed by atoms with van der Waals surface area (Å²) in [6.45, 7) is 4.77. The number of benzene rings is 1. The van der Waals surface area contributed by atoms with Gasteiger partial charge in [0.05, 0.1) is 10.6 Å². The summed E-state index contributed by atoms with van der Waals surface area (Å²) in [7, 11) is 0. The van der Waals surface area contributed by atoms with Gasteiger partial charge in [-0.05, 0) is 12.0 Å². The minimum Gasteiger partial charge on any atom is -0.382 e. The van der Waals surface area contributed by atoms with Gasteiger partial charge in [-0.3, -0.25) is 10.1 Å². The molecular weight excluding hydrogens is 223 g/mol. The Bertz CT molecular complexity index is 392. The molecule has 0 unspecified atom stereocenters. The zero-order chi connectivity index (χ0) is 12.8. The molecule has 0 amide bonds. The Morgan fingerprint density at radius 3 is 2.59 bits per heavy atom. The number of rotatable bonds is 6. The molecule has 0 atom stereocenters. The van der Waals surface area contributed by atoms with Gasteiger partial charge >= 0.3 is 0 Å². The van der Waals surface area contributed by atoms with Gasteiger partial charge in [-0.15, -0.1) is 0 Å². The van der Waals surface area contributed by atoms with Gasteiger partial charge in [-0.2, -0.15) is 0 Å². The van der Waals surface area contributed by atoms with Crippen molar-refractivity contribution >= 4 is 11.4 Å². The van der Waals surface area contributed by atoms with Gasteiger partial charge in [-0.25, -0.2) is 4.39 Å². The monoisotopic (exact) mass is 240 g/mol. The Kier molecular flexibility index (Phi) is 4.87. The van der Waals surface area contributed by atoms with Gasteiger partial charge in [0.1, 0.15) is 5.82 Å². The van der Waals surface area contributed by atoms with Crippen molar-refractivity contribution in [2.45, 2.75) is 26.7 Å². The molecule has 4 nitrogen and oxygen atoms in total. The number of nitro groups is 1. The van der Waals surface area contributed by atoms with E-state index in [0.717, 1.165) is 25.0 Å². The number of nitrogens with one attached hydrogen (secondary N) is 1. The molecule has 0 aliphatic carbocycles. The quantitative estimate of drug-likeness (QED) is 0.610. The van der Waals surface area contributed by atoms with Crippen LogP contribution in [-0.2, 0) is 0 Å². The Hall–Kier alpha value is -1.65. The minimum atomic E-state index is -0.526. The standard InChI is InChI=1S/C12H17FN2O2/c1-3-9(4-2)8-14-12-7-10(15(16)17)5-6-11(12)13/h5-7,9,14H,3-4,8H2,1-2H3. The van der Waals surface area contributed by atoms with Crippen molar-refractivity contribution in [2.24, 2.45) is 5.92 Å². The van der Waals surface area contributed by atoms with Crippen LogP contribution in [0.1, 0.15) is 26.7 Å². The summed E-state index contributed by atoms with van der Waals surface area (Å²) >= 11 is 0. The van der Waals surface area contributed by atoms with Crippen LogP contribution in [0.5, 0.6) is 0 Å². The summed E-state index contributed by atoms with van der Waals surface area (Å²) in [6.07, 6.45) is 2.00. The average molecular weight is 240 g/mol. The molecule has 0 aromatic heterocycles. The summed E-state index contributed by atoms with van der Waals surface area (Å²) in [6, 6.07) is 3.52. The third-order valence-electron chi connectivity index (χ3n) is 2.90. The first-order valence-corrected chi connectivity index (χ1v) is 5.76. The van der Waals surface area contributed by atoms with E-state index in [-0.39, 0.29) is 11.4 Å². The van der Waals surface area contributed by atoms with Crippen LogP contribution in [0.4, 0.5) is 15.8 Å². The van der Waals surface area contributed by atoms with Crippen molar-refractivity contribution in [1.29, 1.82) is 0 Å². The van der Waals surface area contributed by atoms with Gasteiger partial charge < -0.3 is 5.32 Å². The van der Waals surface area contributed by atoms with Gasteiger partial charge in [0.25, 0.3) is 5.69 Å². The summed E-state index contributed by atoms with van der Waals surface area (Å²) in [5.74, 6) is -0.00443. The first-order valence-electron chi connectivity index (χ1n) is 5.76. The molecule has 17 heavy (non-hydrogen) atoms. The lowest BCUT2D eigenvalue weighted by molar-refractivity contribution is -0.384. The predicted octanol–water partition coefficient (Wildman–Crippen LogP) is 3.58. The second-order valence-corrected chi connectivity index (χ2v) is 3.98. The zero-order valence-electron chi connectivity index (χ0n) is 10.1. The number of anilines is 1. The summed E-state index contributed by atoms with van der Waals surface area (Å²) in [5.41, 5.74) is 0.101. The highest BCUT2D eigenvalue weighted by atomic mass is 19.1. The van der Waals surface area contributed by atoms with Crippen molar-refractivity contribution < 1.29 is 9.31 Å². The average Bonchev–Trinajstić information content (AvgIpc) is 2.32. The molecular formula is C12H17FN2O2. The van der Waals surface area contributed by atoms with E-state index in [4.69, 9.17) is 0 Å². The molecule has 94 valence electrons. The van der Waals surface area contributed by atoms with E-state index >= 15 is 0 Å². The van der Waals surface area contributed by atoms with Crippen LogP contribution in [0.2, 0.25) is 0 Å². The minimum absolute atomic E-state index is 0.0987. The fourth-order valence-electron chi connectivity index (χ4n) is 1.59. The van der Waals surface area contributed by atoms with Gasteiger partial charge in [0.2, 0.25) is 0 Å². The lowest BCUT2D eigenvalue weighted by Gasteiger charge is -2.14. The molecule has 0 bridgehead atoms. The molecule has 0 spiro atoms. The second kappa shape index (κ2) is 6.18. The molecule has 1 aromatic carbocycles. The third kappa shape index (κ3) is 3.69. The van der Waals surface area contributed by atoms with Crippen LogP contribution in [0, 0.1) is 21.8 Å². The lowest BCUT2D eigenvalue weighted by Crippen LogP contribution is -2.13. The first-order chi connectivity index (χ1) is 8.08. The smallest absolute Gasteiger partial charge is 0.271 e. The van der Waals surface area contributed by atoms with Gasteiger partial charge in [0, 0.05) is 18.7 Å². The highest BCUT2D eigenvalue weighted by Gasteiger charge is 2.11. The van der Waals surface area contributed by atoms with Crippen LogP contribution in [-0.4, -0.2) is 11.5 Å². The lowest BCUT2D eigenvalue weighted by atomic mass is 10.0. The Morgan fingerprint density at radius 1 is 1.41 bits per heavy atom. The predicted molar refractivity (Wildman–Crippen MR) is 65.6 cm³/mol. The fourth-order valence-corrected chi connectivity index (χ4v) is 1.59.